The molecular weight excluding hydrogens is 1230 g/mol. The summed E-state index contributed by atoms with van der Waals surface area (Å²) in [6.45, 7) is 10.0. The molecule has 1 amide bonds. The van der Waals surface area contributed by atoms with Crippen molar-refractivity contribution in [3.63, 3.8) is 0 Å². The van der Waals surface area contributed by atoms with Crippen molar-refractivity contribution in [3.8, 4) is 23.4 Å². The number of nitrogens with zero attached hydrogens (tertiary/aromatic N) is 7. The second kappa shape index (κ2) is 24.4. The lowest BCUT2D eigenvalue weighted by molar-refractivity contribution is 0.102. The molecule has 1 unspecified atom stereocenters. The smallest absolute Gasteiger partial charge is 0.297 e. The monoisotopic (exact) mass is 1270 g/mol. The topological polar surface area (TPSA) is 477 Å². The van der Waals surface area contributed by atoms with Gasteiger partial charge in [-0.05, 0) is 92.6 Å². The number of carbonyl (C=O) groups excluding carboxylic acids is 1. The van der Waals surface area contributed by atoms with E-state index in [2.05, 4.69) is 60.1 Å². The number of aromatic hydroxyl groups is 2. The third kappa shape index (κ3) is 14.5. The molecule has 36 heteroatoms. The number of imidazole rings is 1. The first-order valence-corrected chi connectivity index (χ1v) is 31.9. The summed E-state index contributed by atoms with van der Waals surface area (Å²) < 4.78 is 172. The zero-order chi connectivity index (χ0) is 62.0. The standard InChI is InChI=1S/C47H41N11O16S5.CH4O3S/c1-5-30-35(6-2)58-44(50-30)29(22-48)24(4)40(46(58)61)55-52-32-15-13-26-28(43(32)79(71,72)73)20-39(78(68,69)70)41(42(26)59)56-54-34-18-23(3)33(21-36(34)74-16-9-17-76(62,63)64)53-57-47-51-31-14-12-25(19-37(31)75-47)49-45(60)27-10-7-8-11-38(27)77(65,66)67;1-5(2,3)4/h5-8,10-15,18-21,47,51,53,57,59,61H,1-2,9,16-17H2,3-4H3,(H,49,60)(H,62,63,64)(H,65,66,67)(H,68,69,70)(H,71,72,73);1H3,(H,2,3,4). The number of thioether (sulfide) groups is 1. The van der Waals surface area contributed by atoms with Crippen molar-refractivity contribution in [2.75, 3.05) is 34.7 Å². The number of fused-ring (bicyclic) bond motifs is 3. The molecule has 0 bridgehead atoms. The van der Waals surface area contributed by atoms with Crippen molar-refractivity contribution in [1.82, 2.24) is 14.8 Å². The molecule has 1 aliphatic heterocycles. The molecule has 2 aromatic heterocycles. The number of hydrazine groups is 1. The highest BCUT2D eigenvalue weighted by molar-refractivity contribution is 8.00. The Kier molecular flexibility index (Phi) is 18.3. The Hall–Kier alpha value is -8.45. The third-order valence-electron chi connectivity index (χ3n) is 11.7. The number of azo groups is 2. The number of benzene rings is 5. The number of ether oxygens (including phenoxy) is 1. The minimum absolute atomic E-state index is 0.00506. The molecule has 30 nitrogen and oxygen atoms in total. The van der Waals surface area contributed by atoms with Crippen molar-refractivity contribution >= 4 is 137 Å². The number of hydrogen-bond acceptors (Lipinski definition) is 24. The van der Waals surface area contributed by atoms with Crippen LogP contribution in [0.3, 0.4) is 0 Å². The second-order valence-corrected chi connectivity index (χ2v) is 25.9. The van der Waals surface area contributed by atoms with Gasteiger partial charge in [-0.1, -0.05) is 37.1 Å². The van der Waals surface area contributed by atoms with Crippen molar-refractivity contribution in [2.45, 2.75) is 45.3 Å². The molecule has 0 aliphatic carbocycles. The van der Waals surface area contributed by atoms with Crippen LogP contribution in [0.1, 0.15) is 44.9 Å². The maximum Gasteiger partial charge on any atom is 0.297 e. The fourth-order valence-corrected chi connectivity index (χ4v) is 11.7. The van der Waals surface area contributed by atoms with Gasteiger partial charge in [-0.15, -0.1) is 20.5 Å². The summed E-state index contributed by atoms with van der Waals surface area (Å²) in [5, 5.41) is 53.6. The SMILES string of the molecule is C=Cc1nc2c(C#N)c(C)c(N=Nc3ccc4c(O)c(N=Nc5cc(C)c(NNC6Nc7ccc(NC(=O)c8ccccc8S(=O)(=O)O)cc7S6)cc5OCCCS(=O)(=O)O)c(S(=O)(=O)O)cc4c3S(=O)(=O)O)c(O)n2c1C=C.CS(=O)(=O)O. The van der Waals surface area contributed by atoms with Gasteiger partial charge in [0.1, 0.15) is 54.6 Å². The highest BCUT2D eigenvalue weighted by atomic mass is 32.2. The first kappa shape index (κ1) is 63.1. The van der Waals surface area contributed by atoms with Gasteiger partial charge in [0.15, 0.2) is 17.1 Å². The molecule has 442 valence electrons. The average Bonchev–Trinajstić information content (AvgIpc) is 1.48. The molecule has 0 spiro atoms. The van der Waals surface area contributed by atoms with Gasteiger partial charge in [-0.3, -0.25) is 32.0 Å². The van der Waals surface area contributed by atoms with E-state index in [0.29, 0.717) is 39.8 Å². The summed E-state index contributed by atoms with van der Waals surface area (Å²) in [5.41, 5.74) is 5.16. The predicted octanol–water partition coefficient (Wildman–Crippen LogP) is 8.08. The number of aromatic nitrogens is 2. The number of phenols is 1. The highest BCUT2D eigenvalue weighted by Crippen LogP contribution is 2.47. The second-order valence-electron chi connectivity index (χ2n) is 17.6. The Morgan fingerprint density at radius 3 is 2.10 bits per heavy atom. The number of anilines is 3. The Balaban J connectivity index is 0.00000194. The van der Waals surface area contributed by atoms with Crippen molar-refractivity contribution in [2.24, 2.45) is 20.5 Å². The van der Waals surface area contributed by atoms with Crippen LogP contribution in [0.4, 0.5) is 39.8 Å². The first-order chi connectivity index (χ1) is 39.1. The molecule has 84 heavy (non-hydrogen) atoms. The van der Waals surface area contributed by atoms with Crippen LogP contribution in [-0.4, -0.2) is 114 Å². The molecule has 11 N–H and O–H groups in total. The molecule has 0 radical (unpaired) electrons. The van der Waals surface area contributed by atoms with E-state index in [9.17, 15) is 80.6 Å². The van der Waals surface area contributed by atoms with Gasteiger partial charge < -0.3 is 31.0 Å². The van der Waals surface area contributed by atoms with Crippen LogP contribution in [0.2, 0.25) is 0 Å². The van der Waals surface area contributed by atoms with Gasteiger partial charge in [0.25, 0.3) is 56.5 Å². The fraction of sp³-hybridized carbons (Fsp3) is 0.146. The molecule has 5 aromatic carbocycles. The molecule has 1 atom stereocenters. The van der Waals surface area contributed by atoms with Crippen LogP contribution in [-0.2, 0) is 50.6 Å². The summed E-state index contributed by atoms with van der Waals surface area (Å²) in [7, 11) is -23.7. The molecule has 0 fully saturated rings. The van der Waals surface area contributed by atoms with Crippen LogP contribution in [0.15, 0.2) is 126 Å². The number of hydrogen-bond donors (Lipinski definition) is 11. The number of rotatable bonds is 19. The van der Waals surface area contributed by atoms with Gasteiger partial charge in [0.2, 0.25) is 5.88 Å². The van der Waals surface area contributed by atoms with Gasteiger partial charge >= 0.3 is 0 Å². The lowest BCUT2D eigenvalue weighted by Crippen LogP contribution is -2.35. The summed E-state index contributed by atoms with van der Waals surface area (Å²) in [6, 6.07) is 17.2. The summed E-state index contributed by atoms with van der Waals surface area (Å²) in [4.78, 5) is 15.1. The van der Waals surface area contributed by atoms with Crippen molar-refractivity contribution in [1.29, 1.82) is 5.26 Å². The molecule has 1 aliphatic rings. The van der Waals surface area contributed by atoms with E-state index in [1.54, 1.807) is 25.1 Å². The van der Waals surface area contributed by atoms with Gasteiger partial charge in [0, 0.05) is 38.7 Å². The van der Waals surface area contributed by atoms with Crippen LogP contribution >= 0.6 is 11.8 Å². The van der Waals surface area contributed by atoms with Crippen molar-refractivity contribution in [3.05, 3.63) is 120 Å². The largest absolute Gasteiger partial charge is 0.505 e. The van der Waals surface area contributed by atoms with Gasteiger partial charge in [-0.25, -0.2) is 10.4 Å². The van der Waals surface area contributed by atoms with Crippen LogP contribution < -0.4 is 26.2 Å². The van der Waals surface area contributed by atoms with Crippen LogP contribution in [0.5, 0.6) is 17.4 Å². The number of nitriles is 1. The van der Waals surface area contributed by atoms with E-state index in [0.717, 1.165) is 22.6 Å². The molecule has 3 heterocycles. The maximum atomic E-state index is 13.1. The average molecular weight is 1270 g/mol. The summed E-state index contributed by atoms with van der Waals surface area (Å²) in [6.07, 6.45) is 3.16. The highest BCUT2D eigenvalue weighted by Gasteiger charge is 2.30. The van der Waals surface area contributed by atoms with E-state index >= 15 is 0 Å². The third-order valence-corrected chi connectivity index (χ3v) is 16.3. The predicted molar refractivity (Wildman–Crippen MR) is 306 cm³/mol. The van der Waals surface area contributed by atoms with E-state index < -0.39 is 116 Å². The number of carbonyl (C=O) groups is 1. The number of aryl methyl sites for hydroxylation is 1. The quantitative estimate of drug-likeness (QED) is 0.0158. The number of amides is 1. The fourth-order valence-electron chi connectivity index (χ4n) is 8.05. The lowest BCUT2D eigenvalue weighted by Gasteiger charge is -2.18. The minimum Gasteiger partial charge on any atom is -0.505 e. The van der Waals surface area contributed by atoms with Crippen molar-refractivity contribution < 1.29 is 84.6 Å². The molecule has 0 saturated heterocycles. The van der Waals surface area contributed by atoms with E-state index in [1.807, 2.05) is 6.07 Å². The van der Waals surface area contributed by atoms with E-state index in [-0.39, 0.29) is 63.9 Å². The van der Waals surface area contributed by atoms with Crippen LogP contribution in [0.25, 0.3) is 28.6 Å². The molecule has 0 saturated carbocycles. The van der Waals surface area contributed by atoms with Gasteiger partial charge in [0.05, 0.1) is 41.3 Å². The zero-order valence-electron chi connectivity index (χ0n) is 43.3. The number of nitrogens with one attached hydrogen (secondary N) is 4. The van der Waals surface area contributed by atoms with E-state index in [1.165, 1.54) is 61.2 Å². The van der Waals surface area contributed by atoms with Gasteiger partial charge in [-0.2, -0.15) is 47.4 Å². The minimum atomic E-state index is -5.46. The van der Waals surface area contributed by atoms with Crippen LogP contribution in [0, 0.1) is 25.2 Å². The summed E-state index contributed by atoms with van der Waals surface area (Å²) in [5.74, 6) is -3.32. The number of pyridine rings is 1. The number of phenolic OH excluding ortho intramolecular Hbond substituents is 1. The van der Waals surface area contributed by atoms with E-state index in [4.69, 9.17) is 9.29 Å². The Labute approximate surface area is 482 Å². The summed E-state index contributed by atoms with van der Waals surface area (Å²) >= 11 is 1.26. The normalized spacial score (nSPS) is 13.7. The Morgan fingerprint density at radius 1 is 0.821 bits per heavy atom. The lowest BCUT2D eigenvalue weighted by atomic mass is 10.1. The molecule has 7 aromatic rings. The first-order valence-electron chi connectivity index (χ1n) is 23.3. The molecule has 8 rings (SSSR count). The molecular formula is C48H45N11O19S6. The Morgan fingerprint density at radius 2 is 1.48 bits per heavy atom. The Bertz CT molecular complexity index is 4600. The zero-order valence-corrected chi connectivity index (χ0v) is 48.2. The maximum absolute atomic E-state index is 13.1.